The summed E-state index contributed by atoms with van der Waals surface area (Å²) in [4.78, 5) is 12.8. The van der Waals surface area contributed by atoms with Crippen LogP contribution in [0, 0.1) is 18.3 Å². The highest BCUT2D eigenvalue weighted by Gasteiger charge is 2.38. The Bertz CT molecular complexity index is 1110. The van der Waals surface area contributed by atoms with Gasteiger partial charge < -0.3 is 19.9 Å². The number of nitriles is 1. The molecule has 160 valence electrons. The molecule has 1 unspecified atom stereocenters. The Labute approximate surface area is 186 Å². The van der Waals surface area contributed by atoms with Crippen LogP contribution in [0.2, 0.25) is 5.02 Å². The summed E-state index contributed by atoms with van der Waals surface area (Å²) in [6.07, 6.45) is 0. The Hall–Kier alpha value is -3.43. The third-order valence-corrected chi connectivity index (χ3v) is 5.26. The Kier molecular flexibility index (Phi) is 6.88. The van der Waals surface area contributed by atoms with Gasteiger partial charge >= 0.3 is 5.97 Å². The molecule has 0 radical (unpaired) electrons. The van der Waals surface area contributed by atoms with Gasteiger partial charge in [0.15, 0.2) is 0 Å². The number of esters is 1. The van der Waals surface area contributed by atoms with E-state index in [9.17, 15) is 10.1 Å². The van der Waals surface area contributed by atoms with Gasteiger partial charge in [-0.25, -0.2) is 4.79 Å². The zero-order valence-electron chi connectivity index (χ0n) is 17.6. The lowest BCUT2D eigenvalue weighted by molar-refractivity contribution is -0.139. The minimum atomic E-state index is -0.830. The zero-order valence-corrected chi connectivity index (χ0v) is 18.3. The highest BCUT2D eigenvalue weighted by Crippen LogP contribution is 2.44. The number of benzene rings is 2. The largest absolute Gasteiger partial charge is 0.489 e. The van der Waals surface area contributed by atoms with Crippen molar-refractivity contribution in [2.45, 2.75) is 33.3 Å². The second-order valence-corrected chi connectivity index (χ2v) is 7.45. The SMILES string of the molecule is CCOC(=O)C1=C(C)OC(N)=C(C#N)C1c1cc(Cl)ccc1OCc1ccccc1C. The predicted molar refractivity (Wildman–Crippen MR) is 117 cm³/mol. The molecule has 0 aliphatic carbocycles. The average Bonchev–Trinajstić information content (AvgIpc) is 2.73. The van der Waals surface area contributed by atoms with E-state index in [1.807, 2.05) is 31.2 Å². The second kappa shape index (κ2) is 9.59. The fraction of sp³-hybridized carbons (Fsp3) is 0.250. The van der Waals surface area contributed by atoms with E-state index in [4.69, 9.17) is 31.5 Å². The normalized spacial score (nSPS) is 15.9. The summed E-state index contributed by atoms with van der Waals surface area (Å²) >= 11 is 6.28. The molecule has 0 bridgehead atoms. The van der Waals surface area contributed by atoms with Crippen molar-refractivity contribution < 1.29 is 19.0 Å². The summed E-state index contributed by atoms with van der Waals surface area (Å²) in [6.45, 7) is 5.80. The van der Waals surface area contributed by atoms with Gasteiger partial charge in [-0.2, -0.15) is 5.26 Å². The molecule has 0 spiro atoms. The summed E-state index contributed by atoms with van der Waals surface area (Å²) in [5, 5.41) is 10.2. The van der Waals surface area contributed by atoms with Crippen molar-refractivity contribution in [3.8, 4) is 11.8 Å². The summed E-state index contributed by atoms with van der Waals surface area (Å²) < 4.78 is 16.8. The molecular formula is C24H23ClN2O4. The topological polar surface area (TPSA) is 94.6 Å². The Balaban J connectivity index is 2.10. The van der Waals surface area contributed by atoms with Crippen LogP contribution < -0.4 is 10.5 Å². The van der Waals surface area contributed by atoms with E-state index in [-0.39, 0.29) is 29.4 Å². The maximum absolute atomic E-state index is 12.8. The first-order valence-electron chi connectivity index (χ1n) is 9.79. The molecule has 0 amide bonds. The monoisotopic (exact) mass is 438 g/mol. The Morgan fingerprint density at radius 3 is 2.68 bits per heavy atom. The highest BCUT2D eigenvalue weighted by molar-refractivity contribution is 6.30. The van der Waals surface area contributed by atoms with E-state index in [1.165, 1.54) is 0 Å². The fourth-order valence-corrected chi connectivity index (χ4v) is 3.65. The Morgan fingerprint density at radius 2 is 2.00 bits per heavy atom. The fourth-order valence-electron chi connectivity index (χ4n) is 3.47. The highest BCUT2D eigenvalue weighted by atomic mass is 35.5. The lowest BCUT2D eigenvalue weighted by Gasteiger charge is -2.28. The van der Waals surface area contributed by atoms with Crippen LogP contribution in [-0.4, -0.2) is 12.6 Å². The number of ether oxygens (including phenoxy) is 3. The van der Waals surface area contributed by atoms with E-state index in [1.54, 1.807) is 32.0 Å². The molecule has 1 atom stereocenters. The van der Waals surface area contributed by atoms with Crippen LogP contribution in [0.4, 0.5) is 0 Å². The molecule has 31 heavy (non-hydrogen) atoms. The van der Waals surface area contributed by atoms with Crippen molar-refractivity contribution in [2.24, 2.45) is 5.73 Å². The molecule has 3 rings (SSSR count). The lowest BCUT2D eigenvalue weighted by Crippen LogP contribution is -2.26. The van der Waals surface area contributed by atoms with Crippen LogP contribution in [0.3, 0.4) is 0 Å². The van der Waals surface area contributed by atoms with Gasteiger partial charge in [-0.15, -0.1) is 0 Å². The molecule has 2 aromatic rings. The Morgan fingerprint density at radius 1 is 1.26 bits per heavy atom. The number of nitrogens with zero attached hydrogens (tertiary/aromatic N) is 1. The molecule has 1 heterocycles. The third kappa shape index (κ3) is 4.68. The van der Waals surface area contributed by atoms with Crippen molar-refractivity contribution in [1.29, 1.82) is 5.26 Å². The van der Waals surface area contributed by atoms with Gasteiger partial charge in [0.2, 0.25) is 5.88 Å². The lowest BCUT2D eigenvalue weighted by atomic mass is 9.82. The molecular weight excluding hydrogens is 416 g/mol. The van der Waals surface area contributed by atoms with Crippen LogP contribution in [-0.2, 0) is 20.9 Å². The first-order chi connectivity index (χ1) is 14.9. The van der Waals surface area contributed by atoms with Gasteiger partial charge in [0.05, 0.1) is 18.1 Å². The minimum absolute atomic E-state index is 0.0668. The average molecular weight is 439 g/mol. The number of nitrogens with two attached hydrogens (primary N) is 1. The number of carbonyl (C=O) groups is 1. The quantitative estimate of drug-likeness (QED) is 0.646. The maximum atomic E-state index is 12.8. The van der Waals surface area contributed by atoms with Crippen LogP contribution in [0.1, 0.15) is 36.5 Å². The third-order valence-electron chi connectivity index (χ3n) is 5.03. The van der Waals surface area contributed by atoms with Crippen molar-refractivity contribution in [1.82, 2.24) is 0 Å². The van der Waals surface area contributed by atoms with Crippen LogP contribution in [0.15, 0.2) is 65.3 Å². The second-order valence-electron chi connectivity index (χ2n) is 7.01. The van der Waals surface area contributed by atoms with Gasteiger partial charge in [0.25, 0.3) is 0 Å². The predicted octanol–water partition coefficient (Wildman–Crippen LogP) is 4.87. The van der Waals surface area contributed by atoms with Gasteiger partial charge in [0, 0.05) is 10.6 Å². The first kappa shape index (κ1) is 22.3. The molecule has 0 saturated heterocycles. The van der Waals surface area contributed by atoms with E-state index in [2.05, 4.69) is 6.07 Å². The molecule has 0 saturated carbocycles. The first-order valence-corrected chi connectivity index (χ1v) is 10.2. The molecule has 0 aromatic heterocycles. The van der Waals surface area contributed by atoms with Gasteiger partial charge in [-0.1, -0.05) is 35.9 Å². The summed E-state index contributed by atoms with van der Waals surface area (Å²) in [7, 11) is 0. The number of hydrogen-bond donors (Lipinski definition) is 1. The van der Waals surface area contributed by atoms with E-state index in [0.717, 1.165) is 11.1 Å². The van der Waals surface area contributed by atoms with Gasteiger partial charge in [0.1, 0.15) is 29.8 Å². The van der Waals surface area contributed by atoms with Crippen molar-refractivity contribution in [2.75, 3.05) is 6.61 Å². The number of hydrogen-bond acceptors (Lipinski definition) is 6. The molecule has 7 heteroatoms. The van der Waals surface area contributed by atoms with Gasteiger partial charge in [-0.3, -0.25) is 0 Å². The molecule has 2 aromatic carbocycles. The summed E-state index contributed by atoms with van der Waals surface area (Å²) in [5.41, 5.74) is 8.92. The summed E-state index contributed by atoms with van der Waals surface area (Å²) in [6, 6.07) is 15.0. The number of rotatable bonds is 6. The standard InChI is InChI=1S/C24H23ClN2O4/c1-4-29-24(28)21-15(3)31-23(27)19(12-26)22(21)18-11-17(25)9-10-20(18)30-13-16-8-6-5-7-14(16)2/h5-11,22H,4,13,27H2,1-3H3. The maximum Gasteiger partial charge on any atom is 0.338 e. The molecule has 1 aliphatic heterocycles. The van der Waals surface area contributed by atoms with Crippen molar-refractivity contribution >= 4 is 17.6 Å². The van der Waals surface area contributed by atoms with Crippen molar-refractivity contribution in [3.05, 3.63) is 87.0 Å². The molecule has 0 fully saturated rings. The van der Waals surface area contributed by atoms with Crippen molar-refractivity contribution in [3.63, 3.8) is 0 Å². The van der Waals surface area contributed by atoms with E-state index in [0.29, 0.717) is 22.9 Å². The zero-order chi connectivity index (χ0) is 22.5. The minimum Gasteiger partial charge on any atom is -0.489 e. The van der Waals surface area contributed by atoms with Crippen LogP contribution in [0.25, 0.3) is 0 Å². The van der Waals surface area contributed by atoms with Crippen LogP contribution >= 0.6 is 11.6 Å². The number of halogens is 1. The van der Waals surface area contributed by atoms with E-state index < -0.39 is 11.9 Å². The molecule has 1 aliphatic rings. The molecule has 2 N–H and O–H groups in total. The summed E-state index contributed by atoms with van der Waals surface area (Å²) in [5.74, 6) is -0.735. The van der Waals surface area contributed by atoms with Crippen LogP contribution in [0.5, 0.6) is 5.75 Å². The van der Waals surface area contributed by atoms with E-state index >= 15 is 0 Å². The number of allylic oxidation sites excluding steroid dienone is 2. The number of carbonyl (C=O) groups excluding carboxylic acids is 1. The molecule has 6 nitrogen and oxygen atoms in total. The smallest absolute Gasteiger partial charge is 0.338 e. The van der Waals surface area contributed by atoms with Gasteiger partial charge in [-0.05, 0) is 50.1 Å². The number of aryl methyl sites for hydroxylation is 1.